The Morgan fingerprint density at radius 3 is 1.90 bits per heavy atom. The first-order chi connectivity index (χ1) is 14.8. The van der Waals surface area contributed by atoms with Crippen molar-refractivity contribution < 1.29 is 0 Å². The highest BCUT2D eigenvalue weighted by Gasteiger charge is 2.20. The summed E-state index contributed by atoms with van der Waals surface area (Å²) in [6.07, 6.45) is 17.1. The first kappa shape index (κ1) is 22.4. The molecule has 0 radical (unpaired) electrons. The predicted molar refractivity (Wildman–Crippen MR) is 131 cm³/mol. The fourth-order valence-electron chi connectivity index (χ4n) is 4.43. The van der Waals surface area contributed by atoms with Crippen molar-refractivity contribution in [1.82, 2.24) is 0 Å². The summed E-state index contributed by atoms with van der Waals surface area (Å²) in [7, 11) is 0. The average molecular weight is 399 g/mol. The second kappa shape index (κ2) is 12.4. The molecule has 0 heteroatoms. The second-order valence-electron chi connectivity index (χ2n) is 8.89. The van der Waals surface area contributed by atoms with Gasteiger partial charge in [-0.1, -0.05) is 81.0 Å². The highest BCUT2D eigenvalue weighted by molar-refractivity contribution is 5.38. The molecular weight excluding hydrogens is 360 g/mol. The van der Waals surface area contributed by atoms with Gasteiger partial charge in [-0.25, -0.2) is 0 Å². The number of hydrogen-bond acceptors (Lipinski definition) is 0. The van der Waals surface area contributed by atoms with Crippen molar-refractivity contribution in [3.8, 4) is 11.8 Å². The zero-order chi connectivity index (χ0) is 21.0. The fraction of sp³-hybridized carbons (Fsp3) is 0.467. The summed E-state index contributed by atoms with van der Waals surface area (Å²) < 4.78 is 0. The maximum absolute atomic E-state index is 3.29. The van der Waals surface area contributed by atoms with Crippen molar-refractivity contribution in [3.63, 3.8) is 0 Å². The summed E-state index contributed by atoms with van der Waals surface area (Å²) in [6.45, 7) is 4.50. The van der Waals surface area contributed by atoms with Crippen LogP contribution < -0.4 is 0 Å². The molecule has 1 fully saturated rings. The van der Waals surface area contributed by atoms with Crippen LogP contribution in [0.3, 0.4) is 0 Å². The molecule has 0 saturated heterocycles. The van der Waals surface area contributed by atoms with Crippen LogP contribution in [0.25, 0.3) is 0 Å². The van der Waals surface area contributed by atoms with Crippen LogP contribution in [0.1, 0.15) is 93.4 Å². The van der Waals surface area contributed by atoms with Crippen molar-refractivity contribution in [3.05, 3.63) is 82.9 Å². The van der Waals surface area contributed by atoms with Crippen LogP contribution >= 0.6 is 0 Å². The van der Waals surface area contributed by atoms with Gasteiger partial charge < -0.3 is 0 Å². The Morgan fingerprint density at radius 1 is 0.767 bits per heavy atom. The van der Waals surface area contributed by atoms with Crippen LogP contribution in [0.5, 0.6) is 0 Å². The van der Waals surface area contributed by atoms with E-state index >= 15 is 0 Å². The molecule has 3 rings (SSSR count). The van der Waals surface area contributed by atoms with Crippen LogP contribution in [-0.4, -0.2) is 0 Å². The average Bonchev–Trinajstić information content (AvgIpc) is 2.81. The molecule has 1 saturated carbocycles. The minimum atomic E-state index is 0.691. The van der Waals surface area contributed by atoms with E-state index in [1.807, 2.05) is 0 Å². The molecule has 1 aliphatic rings. The van der Waals surface area contributed by atoms with E-state index in [1.54, 1.807) is 5.56 Å². The topological polar surface area (TPSA) is 0 Å². The Hall–Kier alpha value is -2.26. The Balaban J connectivity index is 1.43. The zero-order valence-corrected chi connectivity index (χ0v) is 19.0. The lowest BCUT2D eigenvalue weighted by atomic mass is 9.78. The van der Waals surface area contributed by atoms with Gasteiger partial charge in [0.2, 0.25) is 0 Å². The molecule has 0 heterocycles. The van der Waals surface area contributed by atoms with E-state index in [4.69, 9.17) is 0 Å². The Morgan fingerprint density at radius 2 is 1.33 bits per heavy atom. The van der Waals surface area contributed by atoms with Crippen LogP contribution in [-0.2, 0) is 12.8 Å². The number of hydrogen-bond donors (Lipinski definition) is 0. The lowest BCUT2D eigenvalue weighted by Gasteiger charge is -2.27. The van der Waals surface area contributed by atoms with E-state index < -0.39 is 0 Å². The minimum absolute atomic E-state index is 0.691. The molecule has 0 nitrogen and oxygen atoms in total. The highest BCUT2D eigenvalue weighted by Crippen LogP contribution is 2.36. The fourth-order valence-corrected chi connectivity index (χ4v) is 4.43. The van der Waals surface area contributed by atoms with Crippen LogP contribution in [0.2, 0.25) is 0 Å². The quantitative estimate of drug-likeness (QED) is 0.393. The lowest BCUT2D eigenvalue weighted by molar-refractivity contribution is 0.376. The maximum Gasteiger partial charge on any atom is 0.0249 e. The Bertz CT molecular complexity index is 818. The number of allylic oxidation sites excluding steroid dienone is 2. The first-order valence-corrected chi connectivity index (χ1v) is 12.1. The van der Waals surface area contributed by atoms with Crippen molar-refractivity contribution in [2.45, 2.75) is 84.0 Å². The van der Waals surface area contributed by atoms with E-state index in [2.05, 4.69) is 86.4 Å². The summed E-state index contributed by atoms with van der Waals surface area (Å²) in [4.78, 5) is 0. The lowest BCUT2D eigenvalue weighted by Crippen LogP contribution is -2.11. The monoisotopic (exact) mass is 398 g/mol. The maximum atomic E-state index is 3.29. The summed E-state index contributed by atoms with van der Waals surface area (Å²) in [5, 5.41) is 0. The zero-order valence-electron chi connectivity index (χ0n) is 19.0. The largest absolute Gasteiger partial charge is 0.0730 e. The molecule has 30 heavy (non-hydrogen) atoms. The van der Waals surface area contributed by atoms with Crippen LogP contribution in [0.4, 0.5) is 0 Å². The molecule has 0 atom stereocenters. The van der Waals surface area contributed by atoms with Gasteiger partial charge in [0.25, 0.3) is 0 Å². The molecule has 0 amide bonds. The summed E-state index contributed by atoms with van der Waals surface area (Å²) >= 11 is 0. The molecule has 0 bridgehead atoms. The van der Waals surface area contributed by atoms with Gasteiger partial charge in [-0.2, -0.15) is 0 Å². The van der Waals surface area contributed by atoms with E-state index in [9.17, 15) is 0 Å². The van der Waals surface area contributed by atoms with E-state index in [0.29, 0.717) is 5.92 Å². The normalized spacial score (nSPS) is 18.9. The molecule has 1 aliphatic carbocycles. The molecule has 2 aromatic rings. The van der Waals surface area contributed by atoms with E-state index in [-0.39, 0.29) is 0 Å². The molecule has 0 N–H and O–H groups in total. The van der Waals surface area contributed by atoms with Gasteiger partial charge in [0.1, 0.15) is 0 Å². The summed E-state index contributed by atoms with van der Waals surface area (Å²) in [5.41, 5.74) is 5.57. The van der Waals surface area contributed by atoms with Gasteiger partial charge in [-0.3, -0.25) is 0 Å². The van der Waals surface area contributed by atoms with E-state index in [1.165, 1.54) is 75.3 Å². The molecule has 0 spiro atoms. The smallest absolute Gasteiger partial charge is 0.0249 e. The highest BCUT2D eigenvalue weighted by atomic mass is 14.3. The minimum Gasteiger partial charge on any atom is -0.0730 e. The molecule has 0 unspecified atom stereocenters. The standard InChI is InChI=1S/C30H38/c1-3-5-9-25-13-15-27(16-14-25)11-7-8-12-28-19-23-30(24-20-28)29-21-17-26(18-22-29)10-6-4-2/h8,12-18,21-22,28,30H,3-6,9-10,19-20,23-24H2,1-2H3/b12-8+/t28-,30-. The summed E-state index contributed by atoms with van der Waals surface area (Å²) in [5.74, 6) is 7.97. The van der Waals surface area contributed by atoms with Crippen molar-refractivity contribution >= 4 is 0 Å². The number of rotatable bonds is 8. The number of aryl methyl sites for hydroxylation is 2. The second-order valence-corrected chi connectivity index (χ2v) is 8.89. The van der Waals surface area contributed by atoms with Gasteiger partial charge in [0, 0.05) is 5.56 Å². The predicted octanol–water partition coefficient (Wildman–Crippen LogP) is 8.25. The Kier molecular flexibility index (Phi) is 9.30. The third-order valence-corrected chi connectivity index (χ3v) is 6.48. The molecule has 0 aliphatic heterocycles. The summed E-state index contributed by atoms with van der Waals surface area (Å²) in [6, 6.07) is 18.2. The van der Waals surface area contributed by atoms with E-state index in [0.717, 1.165) is 11.5 Å². The van der Waals surface area contributed by atoms with Gasteiger partial charge >= 0.3 is 0 Å². The van der Waals surface area contributed by atoms with Gasteiger partial charge in [-0.05, 0) is 98.1 Å². The van der Waals surface area contributed by atoms with Crippen molar-refractivity contribution in [2.75, 3.05) is 0 Å². The van der Waals surface area contributed by atoms with Crippen molar-refractivity contribution in [2.24, 2.45) is 5.92 Å². The van der Waals surface area contributed by atoms with Gasteiger partial charge in [0.05, 0.1) is 0 Å². The third kappa shape index (κ3) is 7.21. The van der Waals surface area contributed by atoms with Gasteiger partial charge in [0.15, 0.2) is 0 Å². The molecule has 0 aromatic heterocycles. The van der Waals surface area contributed by atoms with Gasteiger partial charge in [-0.15, -0.1) is 0 Å². The molecule has 158 valence electrons. The Labute approximate surface area is 184 Å². The third-order valence-electron chi connectivity index (χ3n) is 6.48. The van der Waals surface area contributed by atoms with Crippen LogP contribution in [0.15, 0.2) is 60.7 Å². The van der Waals surface area contributed by atoms with Crippen molar-refractivity contribution in [1.29, 1.82) is 0 Å². The molecule has 2 aromatic carbocycles. The molecular formula is C30H38. The number of benzene rings is 2. The number of unbranched alkanes of at least 4 members (excludes halogenated alkanes) is 2. The first-order valence-electron chi connectivity index (χ1n) is 12.1. The SMILES string of the molecule is CCCCc1ccc(C#C/C=C/[C@H]2CC[C@H](c3ccc(CCCC)cc3)CC2)cc1. The van der Waals surface area contributed by atoms with Crippen LogP contribution in [0, 0.1) is 17.8 Å².